The molecule has 25 heavy (non-hydrogen) atoms. The van der Waals surface area contributed by atoms with Crippen molar-refractivity contribution in [3.05, 3.63) is 40.1 Å². The number of aryl methyl sites for hydroxylation is 1. The van der Waals surface area contributed by atoms with E-state index in [-0.39, 0.29) is 17.3 Å². The van der Waals surface area contributed by atoms with Crippen molar-refractivity contribution in [3.63, 3.8) is 0 Å². The highest BCUT2D eigenvalue weighted by Gasteiger charge is 2.38. The Morgan fingerprint density at radius 2 is 2.12 bits per heavy atom. The molecule has 4 N–H and O–H groups in total. The number of benzene rings is 1. The number of rotatable bonds is 4. The molecule has 8 nitrogen and oxygen atoms in total. The van der Waals surface area contributed by atoms with Crippen LogP contribution in [-0.2, 0) is 9.59 Å². The minimum atomic E-state index is -0.831. The molecule has 1 aliphatic heterocycles. The lowest BCUT2D eigenvalue weighted by Gasteiger charge is -2.18. The smallest absolute Gasteiger partial charge is 0.271 e. The molecule has 1 unspecified atom stereocenters. The van der Waals surface area contributed by atoms with E-state index in [1.165, 1.54) is 0 Å². The Morgan fingerprint density at radius 3 is 2.80 bits per heavy atom. The Hall–Kier alpha value is -2.68. The number of anilines is 2. The molecule has 1 fully saturated rings. The molecule has 1 atom stereocenters. The van der Waals surface area contributed by atoms with Crippen LogP contribution in [0.4, 0.5) is 11.4 Å². The van der Waals surface area contributed by atoms with E-state index in [0.717, 1.165) is 10.2 Å². The van der Waals surface area contributed by atoms with Gasteiger partial charge in [0.15, 0.2) is 5.69 Å². The highest BCUT2D eigenvalue weighted by atomic mass is 79.9. The van der Waals surface area contributed by atoms with E-state index in [1.54, 1.807) is 11.8 Å². The van der Waals surface area contributed by atoms with E-state index in [1.807, 2.05) is 24.3 Å². The number of nitrogens with zero attached hydrogens (tertiary/aromatic N) is 2. The van der Waals surface area contributed by atoms with Crippen molar-refractivity contribution in [1.82, 2.24) is 10.2 Å². The summed E-state index contributed by atoms with van der Waals surface area (Å²) in [5, 5.41) is 8.98. The van der Waals surface area contributed by atoms with Gasteiger partial charge in [0.25, 0.3) is 5.91 Å². The number of H-pyrrole nitrogens is 1. The minimum absolute atomic E-state index is 0.0565. The number of para-hydroxylation sites is 1. The summed E-state index contributed by atoms with van der Waals surface area (Å²) in [5.41, 5.74) is 6.62. The predicted octanol–water partition coefficient (Wildman–Crippen LogP) is 1.57. The van der Waals surface area contributed by atoms with Crippen LogP contribution in [0.3, 0.4) is 0 Å². The van der Waals surface area contributed by atoms with Crippen molar-refractivity contribution in [2.24, 2.45) is 11.7 Å². The van der Waals surface area contributed by atoms with Gasteiger partial charge in [0.05, 0.1) is 17.1 Å². The zero-order valence-corrected chi connectivity index (χ0v) is 15.0. The molecule has 0 saturated carbocycles. The second kappa shape index (κ2) is 6.67. The van der Waals surface area contributed by atoms with Crippen molar-refractivity contribution in [2.45, 2.75) is 13.3 Å². The van der Waals surface area contributed by atoms with E-state index in [0.29, 0.717) is 18.7 Å². The Bertz CT molecular complexity index is 863. The lowest BCUT2D eigenvalue weighted by molar-refractivity contribution is -0.129. The Labute approximate surface area is 151 Å². The zero-order chi connectivity index (χ0) is 18.1. The average Bonchev–Trinajstić information content (AvgIpc) is 3.12. The molecule has 1 aromatic carbocycles. The minimum Gasteiger partial charge on any atom is -0.364 e. The van der Waals surface area contributed by atoms with Crippen molar-refractivity contribution >= 4 is 45.0 Å². The van der Waals surface area contributed by atoms with Crippen LogP contribution in [-0.4, -0.2) is 34.5 Å². The number of primary amides is 1. The molecule has 0 spiro atoms. The first kappa shape index (κ1) is 17.2. The number of hydrogen-bond acceptors (Lipinski definition) is 4. The highest BCUT2D eigenvalue weighted by molar-refractivity contribution is 9.10. The number of hydrogen-bond donors (Lipinski definition) is 3. The van der Waals surface area contributed by atoms with Crippen LogP contribution in [0, 0.1) is 12.8 Å². The summed E-state index contributed by atoms with van der Waals surface area (Å²) in [6, 6.07) is 7.33. The Morgan fingerprint density at radius 1 is 1.40 bits per heavy atom. The first-order valence-electron chi connectivity index (χ1n) is 7.61. The molecular formula is C16H16BrN5O3. The number of nitrogens with one attached hydrogen (secondary N) is 2. The van der Waals surface area contributed by atoms with Gasteiger partial charge in [0.1, 0.15) is 5.92 Å². The van der Waals surface area contributed by atoms with E-state index in [4.69, 9.17) is 5.73 Å². The Kier molecular flexibility index (Phi) is 4.58. The van der Waals surface area contributed by atoms with Crippen molar-refractivity contribution in [3.8, 4) is 0 Å². The number of nitrogens with two attached hydrogens (primary N) is 1. The van der Waals surface area contributed by atoms with Crippen LogP contribution in [0.25, 0.3) is 0 Å². The van der Waals surface area contributed by atoms with Gasteiger partial charge in [-0.05, 0) is 41.4 Å². The lowest BCUT2D eigenvalue weighted by atomic mass is 10.1. The topological polar surface area (TPSA) is 121 Å². The standard InChI is InChI=1S/C16H16BrN5O3/c1-8-12(13(14(18)23)21-20-8)19-15(24)9-6-7-22(16(9)25)11-5-3-2-4-10(11)17/h2-5,9H,6-7H2,1H3,(H2,18,23)(H,19,24)(H,20,21). The van der Waals surface area contributed by atoms with Gasteiger partial charge in [0.2, 0.25) is 11.8 Å². The van der Waals surface area contributed by atoms with Crippen molar-refractivity contribution in [2.75, 3.05) is 16.8 Å². The van der Waals surface area contributed by atoms with Gasteiger partial charge in [0, 0.05) is 11.0 Å². The number of carbonyl (C=O) groups is 3. The number of halogens is 1. The molecule has 0 aliphatic carbocycles. The maximum Gasteiger partial charge on any atom is 0.271 e. The highest BCUT2D eigenvalue weighted by Crippen LogP contribution is 2.32. The van der Waals surface area contributed by atoms with E-state index in [9.17, 15) is 14.4 Å². The maximum absolute atomic E-state index is 12.7. The van der Waals surface area contributed by atoms with Gasteiger partial charge >= 0.3 is 0 Å². The lowest BCUT2D eigenvalue weighted by Crippen LogP contribution is -2.33. The van der Waals surface area contributed by atoms with Crippen molar-refractivity contribution < 1.29 is 14.4 Å². The number of carbonyl (C=O) groups excluding carboxylic acids is 3. The molecule has 0 bridgehead atoms. The van der Waals surface area contributed by atoms with Crippen molar-refractivity contribution in [1.29, 1.82) is 0 Å². The van der Waals surface area contributed by atoms with Gasteiger partial charge in [-0.15, -0.1) is 0 Å². The Balaban J connectivity index is 1.79. The van der Waals surface area contributed by atoms with Gasteiger partial charge in [-0.1, -0.05) is 12.1 Å². The van der Waals surface area contributed by atoms with Crippen LogP contribution >= 0.6 is 15.9 Å². The van der Waals surface area contributed by atoms with Gasteiger partial charge in [-0.25, -0.2) is 0 Å². The van der Waals surface area contributed by atoms with Gasteiger partial charge in [-0.2, -0.15) is 5.10 Å². The normalized spacial score (nSPS) is 17.0. The fourth-order valence-electron chi connectivity index (χ4n) is 2.80. The predicted molar refractivity (Wildman–Crippen MR) is 95.1 cm³/mol. The fourth-order valence-corrected chi connectivity index (χ4v) is 3.30. The summed E-state index contributed by atoms with van der Waals surface area (Å²) >= 11 is 3.42. The number of aromatic nitrogens is 2. The molecular weight excluding hydrogens is 390 g/mol. The van der Waals surface area contributed by atoms with Crippen LogP contribution in [0.15, 0.2) is 28.7 Å². The second-order valence-corrected chi connectivity index (χ2v) is 6.56. The number of aromatic amines is 1. The maximum atomic E-state index is 12.7. The summed E-state index contributed by atoms with van der Waals surface area (Å²) in [7, 11) is 0. The first-order chi connectivity index (χ1) is 11.9. The van der Waals surface area contributed by atoms with E-state index >= 15 is 0 Å². The van der Waals surface area contributed by atoms with Crippen LogP contribution in [0.5, 0.6) is 0 Å². The molecule has 0 radical (unpaired) electrons. The monoisotopic (exact) mass is 405 g/mol. The third-order valence-corrected chi connectivity index (χ3v) is 4.76. The molecule has 130 valence electrons. The largest absolute Gasteiger partial charge is 0.364 e. The summed E-state index contributed by atoms with van der Waals surface area (Å²) in [6.45, 7) is 2.09. The van der Waals surface area contributed by atoms with E-state index in [2.05, 4.69) is 31.4 Å². The molecule has 9 heteroatoms. The van der Waals surface area contributed by atoms with E-state index < -0.39 is 17.7 Å². The third-order valence-electron chi connectivity index (χ3n) is 4.09. The first-order valence-corrected chi connectivity index (χ1v) is 8.41. The fraction of sp³-hybridized carbons (Fsp3) is 0.250. The van der Waals surface area contributed by atoms with Gasteiger partial charge in [-0.3, -0.25) is 19.5 Å². The molecule has 1 aromatic heterocycles. The SMILES string of the molecule is Cc1[nH]nc(C(N)=O)c1NC(=O)C1CCN(c2ccccc2Br)C1=O. The second-order valence-electron chi connectivity index (χ2n) is 5.71. The molecule has 2 aromatic rings. The molecule has 3 rings (SSSR count). The summed E-state index contributed by atoms with van der Waals surface area (Å²) < 4.78 is 0.783. The molecule has 1 aliphatic rings. The zero-order valence-electron chi connectivity index (χ0n) is 13.4. The summed E-state index contributed by atoms with van der Waals surface area (Å²) in [5.74, 6) is -2.35. The molecule has 1 saturated heterocycles. The van der Waals surface area contributed by atoms with Crippen LogP contribution in [0.1, 0.15) is 22.6 Å². The van der Waals surface area contributed by atoms with Crippen LogP contribution < -0.4 is 16.0 Å². The third kappa shape index (κ3) is 3.14. The molecule has 2 heterocycles. The summed E-state index contributed by atoms with van der Waals surface area (Å²) in [4.78, 5) is 38.2. The number of amides is 3. The van der Waals surface area contributed by atoms with Gasteiger partial charge < -0.3 is 16.0 Å². The average molecular weight is 406 g/mol. The molecule has 3 amide bonds. The summed E-state index contributed by atoms with van der Waals surface area (Å²) in [6.07, 6.45) is 0.384. The quantitative estimate of drug-likeness (QED) is 0.668. The van der Waals surface area contributed by atoms with Crippen LogP contribution in [0.2, 0.25) is 0 Å².